The first kappa shape index (κ1) is 13.7. The Labute approximate surface area is 113 Å². The van der Waals surface area contributed by atoms with Crippen molar-refractivity contribution in [3.63, 3.8) is 0 Å². The number of hydrogen-bond donors (Lipinski definition) is 2. The van der Waals surface area contributed by atoms with Gasteiger partial charge < -0.3 is 15.1 Å². The van der Waals surface area contributed by atoms with Crippen LogP contribution in [-0.2, 0) is 0 Å². The highest BCUT2D eigenvalue weighted by Gasteiger charge is 2.22. The van der Waals surface area contributed by atoms with Crippen molar-refractivity contribution in [2.24, 2.45) is 0 Å². The Hall–Kier alpha value is -0.770. The van der Waals surface area contributed by atoms with Gasteiger partial charge in [0.05, 0.1) is 18.8 Å². The van der Waals surface area contributed by atoms with Gasteiger partial charge in [-0.15, -0.1) is 0 Å². The van der Waals surface area contributed by atoms with E-state index in [9.17, 15) is 10.2 Å². The smallest absolute Gasteiger partial charge is 0.0776 e. The molecule has 0 aliphatic carbocycles. The first-order valence-corrected chi connectivity index (χ1v) is 6.86. The second-order valence-corrected chi connectivity index (χ2v) is 5.31. The molecule has 100 valence electrons. The van der Waals surface area contributed by atoms with E-state index >= 15 is 0 Å². The Morgan fingerprint density at radius 1 is 1.44 bits per heavy atom. The Balaban J connectivity index is 2.24. The van der Waals surface area contributed by atoms with Crippen molar-refractivity contribution in [1.82, 2.24) is 0 Å². The van der Waals surface area contributed by atoms with Crippen LogP contribution < -0.4 is 4.90 Å². The summed E-state index contributed by atoms with van der Waals surface area (Å²) in [6.07, 6.45) is 2.78. The summed E-state index contributed by atoms with van der Waals surface area (Å²) in [4.78, 5) is 2.21. The first-order chi connectivity index (χ1) is 8.63. The van der Waals surface area contributed by atoms with Gasteiger partial charge in [0.1, 0.15) is 0 Å². The maximum Gasteiger partial charge on any atom is 0.0776 e. The van der Waals surface area contributed by atoms with Crippen LogP contribution in [0.1, 0.15) is 37.9 Å². The van der Waals surface area contributed by atoms with Crippen molar-refractivity contribution >= 4 is 17.3 Å². The Morgan fingerprint density at radius 3 is 2.83 bits per heavy atom. The van der Waals surface area contributed by atoms with Crippen molar-refractivity contribution < 1.29 is 10.2 Å². The molecule has 0 aromatic heterocycles. The van der Waals surface area contributed by atoms with Gasteiger partial charge in [-0.25, -0.2) is 0 Å². The summed E-state index contributed by atoms with van der Waals surface area (Å²) in [6.45, 7) is 2.84. The summed E-state index contributed by atoms with van der Waals surface area (Å²) in [7, 11) is 0. The predicted octanol–water partition coefficient (Wildman–Crippen LogP) is 2.74. The Kier molecular flexibility index (Phi) is 4.49. The molecule has 1 aromatic rings. The zero-order chi connectivity index (χ0) is 13.1. The fourth-order valence-corrected chi connectivity index (χ4v) is 2.90. The third-order valence-electron chi connectivity index (χ3n) is 3.60. The molecule has 1 heterocycles. The predicted molar refractivity (Wildman–Crippen MR) is 74.2 cm³/mol. The van der Waals surface area contributed by atoms with E-state index in [0.29, 0.717) is 5.02 Å². The molecule has 1 aromatic carbocycles. The maximum atomic E-state index is 9.57. The van der Waals surface area contributed by atoms with E-state index < -0.39 is 6.10 Å². The second-order valence-electron chi connectivity index (χ2n) is 4.91. The van der Waals surface area contributed by atoms with Crippen molar-refractivity contribution in [1.29, 1.82) is 0 Å². The van der Waals surface area contributed by atoms with Gasteiger partial charge in [0.2, 0.25) is 0 Å². The number of hydrogen-bond acceptors (Lipinski definition) is 3. The molecular weight excluding hydrogens is 250 g/mol. The zero-order valence-corrected chi connectivity index (χ0v) is 11.4. The van der Waals surface area contributed by atoms with Crippen LogP contribution in [0.15, 0.2) is 18.2 Å². The van der Waals surface area contributed by atoms with E-state index in [4.69, 9.17) is 11.6 Å². The molecule has 2 rings (SSSR count). The molecule has 0 radical (unpaired) electrons. The number of halogens is 1. The van der Waals surface area contributed by atoms with E-state index in [1.165, 1.54) is 6.42 Å². The molecule has 4 heteroatoms. The summed E-state index contributed by atoms with van der Waals surface area (Å²) >= 11 is 6.19. The van der Waals surface area contributed by atoms with Crippen LogP contribution in [0, 0.1) is 0 Å². The lowest BCUT2D eigenvalue weighted by Gasteiger charge is -2.36. The van der Waals surface area contributed by atoms with Crippen LogP contribution in [-0.4, -0.2) is 29.4 Å². The van der Waals surface area contributed by atoms with Gasteiger partial charge in [-0.1, -0.05) is 17.7 Å². The number of nitrogens with zero attached hydrogens (tertiary/aromatic N) is 1. The van der Waals surface area contributed by atoms with Gasteiger partial charge in [-0.05, 0) is 43.9 Å². The van der Waals surface area contributed by atoms with Gasteiger partial charge in [0.25, 0.3) is 0 Å². The third kappa shape index (κ3) is 2.79. The molecule has 1 saturated heterocycles. The molecule has 1 aliphatic rings. The lowest BCUT2D eigenvalue weighted by molar-refractivity contribution is 0.199. The average molecular weight is 270 g/mol. The van der Waals surface area contributed by atoms with Crippen LogP contribution in [0.4, 0.5) is 5.69 Å². The number of anilines is 1. The van der Waals surface area contributed by atoms with Crippen LogP contribution >= 0.6 is 11.6 Å². The molecule has 1 aliphatic heterocycles. The number of benzene rings is 1. The van der Waals surface area contributed by atoms with Crippen LogP contribution in [0.3, 0.4) is 0 Å². The molecule has 18 heavy (non-hydrogen) atoms. The van der Waals surface area contributed by atoms with Gasteiger partial charge in [0, 0.05) is 17.3 Å². The minimum Gasteiger partial charge on any atom is -0.394 e. The minimum absolute atomic E-state index is 0.176. The molecule has 2 unspecified atom stereocenters. The van der Waals surface area contributed by atoms with E-state index in [1.807, 2.05) is 18.2 Å². The first-order valence-electron chi connectivity index (χ1n) is 6.48. The van der Waals surface area contributed by atoms with Crippen LogP contribution in [0.25, 0.3) is 0 Å². The summed E-state index contributed by atoms with van der Waals surface area (Å²) in [5.74, 6) is 0. The number of piperidine rings is 1. The van der Waals surface area contributed by atoms with E-state index in [-0.39, 0.29) is 12.6 Å². The topological polar surface area (TPSA) is 43.7 Å². The quantitative estimate of drug-likeness (QED) is 0.887. The molecular formula is C14H20ClNO2. The maximum absolute atomic E-state index is 9.57. The summed E-state index contributed by atoms with van der Waals surface area (Å²) in [6, 6.07) is 5.91. The van der Waals surface area contributed by atoms with Crippen molar-refractivity contribution in [2.45, 2.75) is 38.3 Å². The van der Waals surface area contributed by atoms with E-state index in [0.717, 1.165) is 30.6 Å². The molecule has 3 nitrogen and oxygen atoms in total. The summed E-state index contributed by atoms with van der Waals surface area (Å²) in [5.41, 5.74) is 1.78. The van der Waals surface area contributed by atoms with E-state index in [2.05, 4.69) is 4.90 Å². The number of rotatable bonds is 3. The van der Waals surface area contributed by atoms with E-state index in [1.54, 1.807) is 6.92 Å². The normalized spacial score (nSPS) is 22.0. The summed E-state index contributed by atoms with van der Waals surface area (Å²) in [5, 5.41) is 19.6. The molecule has 1 fully saturated rings. The van der Waals surface area contributed by atoms with Gasteiger partial charge in [-0.2, -0.15) is 0 Å². The van der Waals surface area contributed by atoms with Gasteiger partial charge in [0.15, 0.2) is 0 Å². The van der Waals surface area contributed by atoms with Crippen molar-refractivity contribution in [3.05, 3.63) is 28.8 Å². The molecule has 2 N–H and O–H groups in total. The van der Waals surface area contributed by atoms with Crippen LogP contribution in [0.2, 0.25) is 5.02 Å². The fraction of sp³-hybridized carbons (Fsp3) is 0.571. The second kappa shape index (κ2) is 5.91. The largest absolute Gasteiger partial charge is 0.394 e. The Morgan fingerprint density at radius 2 is 2.22 bits per heavy atom. The molecule has 0 saturated carbocycles. The van der Waals surface area contributed by atoms with Crippen molar-refractivity contribution in [3.8, 4) is 0 Å². The molecule has 2 atom stereocenters. The highest BCUT2D eigenvalue weighted by atomic mass is 35.5. The molecule has 0 bridgehead atoms. The molecule has 0 spiro atoms. The lowest BCUT2D eigenvalue weighted by Crippen LogP contribution is -2.41. The van der Waals surface area contributed by atoms with Gasteiger partial charge >= 0.3 is 0 Å². The highest BCUT2D eigenvalue weighted by molar-refractivity contribution is 6.31. The highest BCUT2D eigenvalue weighted by Crippen LogP contribution is 2.31. The Bertz CT molecular complexity index is 409. The number of aliphatic hydroxyl groups excluding tert-OH is 2. The number of aliphatic hydroxyl groups is 2. The standard InChI is InChI=1S/C14H20ClNO2/c1-10(18)13-6-5-11(8-14(13)15)16-7-3-2-4-12(16)9-17/h5-6,8,10,12,17-18H,2-4,7,9H2,1H3. The fourth-order valence-electron chi connectivity index (χ4n) is 2.56. The summed E-state index contributed by atoms with van der Waals surface area (Å²) < 4.78 is 0. The van der Waals surface area contributed by atoms with Crippen molar-refractivity contribution in [2.75, 3.05) is 18.1 Å². The zero-order valence-electron chi connectivity index (χ0n) is 10.6. The lowest BCUT2D eigenvalue weighted by atomic mass is 10.0. The third-order valence-corrected chi connectivity index (χ3v) is 3.93. The minimum atomic E-state index is -0.554. The van der Waals surface area contributed by atoms with Gasteiger partial charge in [-0.3, -0.25) is 0 Å². The van der Waals surface area contributed by atoms with Crippen LogP contribution in [0.5, 0.6) is 0 Å². The molecule has 0 amide bonds. The SMILES string of the molecule is CC(O)c1ccc(N2CCCCC2CO)cc1Cl. The average Bonchev–Trinajstić information content (AvgIpc) is 2.38. The monoisotopic (exact) mass is 269 g/mol.